The molecular weight excluding hydrogens is 338 g/mol. The summed E-state index contributed by atoms with van der Waals surface area (Å²) in [7, 11) is 0. The van der Waals surface area contributed by atoms with Gasteiger partial charge in [-0.1, -0.05) is 11.6 Å². The second-order valence-electron chi connectivity index (χ2n) is 5.33. The highest BCUT2D eigenvalue weighted by atomic mass is 35.5. The Kier molecular flexibility index (Phi) is 5.33. The van der Waals surface area contributed by atoms with Gasteiger partial charge < -0.3 is 10.4 Å². The number of halogens is 1. The van der Waals surface area contributed by atoms with Gasteiger partial charge in [-0.05, 0) is 38.1 Å². The Labute approximate surface area is 142 Å². The van der Waals surface area contributed by atoms with Crippen molar-refractivity contribution in [1.82, 2.24) is 9.78 Å². The third-order valence-electron chi connectivity index (χ3n) is 3.15. The minimum Gasteiger partial charge on any atom is -0.479 e. The fourth-order valence-corrected chi connectivity index (χ4v) is 2.49. The van der Waals surface area contributed by atoms with Crippen molar-refractivity contribution in [2.24, 2.45) is 0 Å². The molecular formula is C15H16ClN3O3S. The van der Waals surface area contributed by atoms with Crippen molar-refractivity contribution in [3.63, 3.8) is 0 Å². The molecule has 1 amide bonds. The third kappa shape index (κ3) is 4.49. The van der Waals surface area contributed by atoms with Gasteiger partial charge in [-0.2, -0.15) is 5.10 Å². The predicted molar refractivity (Wildman–Crippen MR) is 90.0 cm³/mol. The largest absolute Gasteiger partial charge is 0.479 e. The molecule has 6 nitrogen and oxygen atoms in total. The van der Waals surface area contributed by atoms with Gasteiger partial charge in [0, 0.05) is 16.1 Å². The van der Waals surface area contributed by atoms with Crippen LogP contribution in [0.4, 0.5) is 5.69 Å². The van der Waals surface area contributed by atoms with Crippen molar-refractivity contribution in [1.29, 1.82) is 0 Å². The lowest BCUT2D eigenvalue weighted by Gasteiger charge is -2.19. The van der Waals surface area contributed by atoms with E-state index >= 15 is 0 Å². The first kappa shape index (κ1) is 17.4. The quantitative estimate of drug-likeness (QED) is 0.779. The number of thioether (sulfide) groups is 1. The summed E-state index contributed by atoms with van der Waals surface area (Å²) in [5, 5.41) is 16.5. The van der Waals surface area contributed by atoms with E-state index in [1.807, 2.05) is 12.1 Å². The molecule has 0 saturated heterocycles. The molecule has 2 aromatic rings. The van der Waals surface area contributed by atoms with Crippen LogP contribution in [0.2, 0.25) is 5.02 Å². The van der Waals surface area contributed by atoms with Gasteiger partial charge >= 0.3 is 5.97 Å². The van der Waals surface area contributed by atoms with Crippen molar-refractivity contribution in [3.8, 4) is 0 Å². The number of carboxylic acids is 1. The normalized spacial score (nSPS) is 11.3. The molecule has 122 valence electrons. The summed E-state index contributed by atoms with van der Waals surface area (Å²) in [5.41, 5.74) is -0.720. The molecule has 2 rings (SSSR count). The molecule has 1 aromatic carbocycles. The maximum Gasteiger partial charge on any atom is 0.331 e. The summed E-state index contributed by atoms with van der Waals surface area (Å²) < 4.78 is 1.30. The van der Waals surface area contributed by atoms with Crippen molar-refractivity contribution in [3.05, 3.63) is 41.7 Å². The van der Waals surface area contributed by atoms with Gasteiger partial charge in [-0.15, -0.1) is 11.8 Å². The predicted octanol–water partition coefficient (Wildman–Crippen LogP) is 3.09. The van der Waals surface area contributed by atoms with Crippen LogP contribution in [0, 0.1) is 0 Å². The number of hydrogen-bond donors (Lipinski definition) is 2. The molecule has 0 aliphatic rings. The molecule has 0 radical (unpaired) electrons. The SMILES string of the molecule is CC(C)(C(=O)O)n1cc(NC(=O)CSc2ccc(Cl)cc2)cn1. The highest BCUT2D eigenvalue weighted by Crippen LogP contribution is 2.21. The molecule has 0 aliphatic carbocycles. The van der Waals surface area contributed by atoms with Crippen molar-refractivity contribution in [2.45, 2.75) is 24.3 Å². The molecule has 1 heterocycles. The highest BCUT2D eigenvalue weighted by Gasteiger charge is 2.30. The van der Waals surface area contributed by atoms with Crippen LogP contribution in [0.3, 0.4) is 0 Å². The van der Waals surface area contributed by atoms with Crippen LogP contribution < -0.4 is 5.32 Å². The number of carbonyl (C=O) groups excluding carboxylic acids is 1. The highest BCUT2D eigenvalue weighted by molar-refractivity contribution is 8.00. The molecule has 0 aliphatic heterocycles. The maximum absolute atomic E-state index is 11.9. The molecule has 1 aromatic heterocycles. The van der Waals surface area contributed by atoms with E-state index in [1.165, 1.54) is 42.7 Å². The number of hydrogen-bond acceptors (Lipinski definition) is 4. The summed E-state index contributed by atoms with van der Waals surface area (Å²) in [5.74, 6) is -0.968. The maximum atomic E-state index is 11.9. The first-order chi connectivity index (χ1) is 10.8. The van der Waals surface area contributed by atoms with E-state index in [0.717, 1.165) is 4.90 Å². The molecule has 8 heteroatoms. The van der Waals surface area contributed by atoms with Crippen molar-refractivity contribution < 1.29 is 14.7 Å². The number of carboxylic acid groups (broad SMARTS) is 1. The molecule has 0 saturated carbocycles. The first-order valence-electron chi connectivity index (χ1n) is 6.76. The zero-order valence-electron chi connectivity index (χ0n) is 12.6. The van der Waals surface area contributed by atoms with Gasteiger partial charge in [-0.3, -0.25) is 9.48 Å². The van der Waals surface area contributed by atoms with E-state index in [9.17, 15) is 9.59 Å². The Morgan fingerprint density at radius 1 is 1.35 bits per heavy atom. The van der Waals surface area contributed by atoms with E-state index in [-0.39, 0.29) is 11.7 Å². The number of benzene rings is 1. The van der Waals surface area contributed by atoms with Crippen molar-refractivity contribution >= 4 is 40.9 Å². The Hall–Kier alpha value is -1.99. The molecule has 0 fully saturated rings. The van der Waals surface area contributed by atoms with Crippen LogP contribution in [0.25, 0.3) is 0 Å². The fraction of sp³-hybridized carbons (Fsp3) is 0.267. The number of rotatable bonds is 6. The zero-order valence-corrected chi connectivity index (χ0v) is 14.2. The monoisotopic (exact) mass is 353 g/mol. The van der Waals surface area contributed by atoms with Gasteiger partial charge in [-0.25, -0.2) is 4.79 Å². The number of aliphatic carboxylic acids is 1. The van der Waals surface area contributed by atoms with E-state index < -0.39 is 11.5 Å². The average Bonchev–Trinajstić information content (AvgIpc) is 2.95. The molecule has 2 N–H and O–H groups in total. The average molecular weight is 354 g/mol. The second kappa shape index (κ2) is 7.06. The molecule has 0 bridgehead atoms. The van der Waals surface area contributed by atoms with Gasteiger partial charge in [0.15, 0.2) is 5.54 Å². The van der Waals surface area contributed by atoms with E-state index in [0.29, 0.717) is 10.7 Å². The van der Waals surface area contributed by atoms with E-state index in [1.54, 1.807) is 12.1 Å². The lowest BCUT2D eigenvalue weighted by Crippen LogP contribution is -2.35. The summed E-state index contributed by atoms with van der Waals surface area (Å²) in [6, 6.07) is 7.21. The van der Waals surface area contributed by atoms with Crippen LogP contribution in [-0.2, 0) is 15.1 Å². The fourth-order valence-electron chi connectivity index (χ4n) is 1.67. The summed E-state index contributed by atoms with van der Waals surface area (Å²) in [6.07, 6.45) is 2.93. The number of nitrogens with zero attached hydrogens (tertiary/aromatic N) is 2. The van der Waals surface area contributed by atoms with E-state index in [2.05, 4.69) is 10.4 Å². The van der Waals surface area contributed by atoms with Crippen LogP contribution in [0.15, 0.2) is 41.6 Å². The topological polar surface area (TPSA) is 84.2 Å². The van der Waals surface area contributed by atoms with Crippen LogP contribution in [-0.4, -0.2) is 32.5 Å². The number of carbonyl (C=O) groups is 2. The zero-order chi connectivity index (χ0) is 17.0. The molecule has 0 atom stereocenters. The summed E-state index contributed by atoms with van der Waals surface area (Å²) in [4.78, 5) is 24.0. The minimum absolute atomic E-state index is 0.197. The minimum atomic E-state index is -1.18. The Bertz CT molecular complexity index is 713. The number of nitrogens with one attached hydrogen (secondary N) is 1. The Morgan fingerprint density at radius 3 is 2.61 bits per heavy atom. The van der Waals surface area contributed by atoms with Crippen LogP contribution in [0.5, 0.6) is 0 Å². The standard InChI is InChI=1S/C15H16ClN3O3S/c1-15(2,14(21)22)19-8-11(7-17-19)18-13(20)9-23-12-5-3-10(16)4-6-12/h3-8H,9H2,1-2H3,(H,18,20)(H,21,22). The first-order valence-corrected chi connectivity index (χ1v) is 8.12. The van der Waals surface area contributed by atoms with Gasteiger partial charge in [0.1, 0.15) is 0 Å². The Balaban J connectivity index is 1.92. The number of anilines is 1. The molecule has 0 spiro atoms. The number of aromatic nitrogens is 2. The lowest BCUT2D eigenvalue weighted by molar-refractivity contribution is -0.146. The molecule has 23 heavy (non-hydrogen) atoms. The smallest absolute Gasteiger partial charge is 0.331 e. The second-order valence-corrected chi connectivity index (χ2v) is 6.81. The van der Waals surface area contributed by atoms with Gasteiger partial charge in [0.25, 0.3) is 0 Å². The Morgan fingerprint density at radius 2 is 2.00 bits per heavy atom. The van der Waals surface area contributed by atoms with Gasteiger partial charge in [0.2, 0.25) is 5.91 Å². The molecule has 0 unspecified atom stereocenters. The summed E-state index contributed by atoms with van der Waals surface area (Å²) >= 11 is 7.19. The number of amides is 1. The third-order valence-corrected chi connectivity index (χ3v) is 4.41. The lowest BCUT2D eigenvalue weighted by atomic mass is 10.1. The van der Waals surface area contributed by atoms with E-state index in [4.69, 9.17) is 16.7 Å². The van der Waals surface area contributed by atoms with Crippen molar-refractivity contribution in [2.75, 3.05) is 11.1 Å². The van der Waals surface area contributed by atoms with Crippen LogP contribution in [0.1, 0.15) is 13.8 Å². The summed E-state index contributed by atoms with van der Waals surface area (Å²) in [6.45, 7) is 3.06. The van der Waals surface area contributed by atoms with Crippen LogP contribution >= 0.6 is 23.4 Å². The van der Waals surface area contributed by atoms with Gasteiger partial charge in [0.05, 0.1) is 17.6 Å².